The number of aromatic nitrogens is 2. The quantitative estimate of drug-likeness (QED) is 0.948. The summed E-state index contributed by atoms with van der Waals surface area (Å²) in [5.41, 5.74) is 3.35. The highest BCUT2D eigenvalue weighted by atomic mass is 16.5. The molecule has 5 nitrogen and oxygen atoms in total. The first-order valence-corrected chi connectivity index (χ1v) is 7.89. The van der Waals surface area contributed by atoms with Gasteiger partial charge in [-0.15, -0.1) is 0 Å². The standard InChI is InChI=1S/C17H23N3O2/c1-11-10-12(2)20-9-8-13(16(20)18-11)17(21)19-14-6-4-5-7-15(14)22-3/h8-10,14-15H,4-7H2,1-3H3,(H,19,21). The number of aryl methyl sites for hydroxylation is 2. The molecule has 2 heterocycles. The predicted molar refractivity (Wildman–Crippen MR) is 85.2 cm³/mol. The van der Waals surface area contributed by atoms with E-state index in [-0.39, 0.29) is 18.1 Å². The molecule has 118 valence electrons. The molecule has 5 heteroatoms. The average molecular weight is 301 g/mol. The number of carbonyl (C=O) groups excluding carboxylic acids is 1. The van der Waals surface area contributed by atoms with Crippen LogP contribution in [-0.4, -0.2) is 34.5 Å². The molecule has 2 aromatic heterocycles. The molecule has 2 aromatic rings. The van der Waals surface area contributed by atoms with Gasteiger partial charge < -0.3 is 14.5 Å². The van der Waals surface area contributed by atoms with Crippen molar-refractivity contribution in [3.63, 3.8) is 0 Å². The molecule has 1 amide bonds. The van der Waals surface area contributed by atoms with Crippen LogP contribution in [0.4, 0.5) is 0 Å². The fraction of sp³-hybridized carbons (Fsp3) is 0.529. The number of methoxy groups -OCH3 is 1. The first-order chi connectivity index (χ1) is 10.6. The molecule has 3 rings (SSSR count). The molecule has 0 saturated heterocycles. The number of nitrogens with zero attached hydrogens (tertiary/aromatic N) is 2. The number of rotatable bonds is 3. The molecule has 0 bridgehead atoms. The van der Waals surface area contributed by atoms with Crippen molar-refractivity contribution in [2.75, 3.05) is 7.11 Å². The van der Waals surface area contributed by atoms with Crippen molar-refractivity contribution in [2.45, 2.75) is 51.7 Å². The third-order valence-electron chi connectivity index (χ3n) is 4.51. The lowest BCUT2D eigenvalue weighted by molar-refractivity contribution is 0.0393. The van der Waals surface area contributed by atoms with Crippen molar-refractivity contribution in [1.29, 1.82) is 0 Å². The maximum Gasteiger partial charge on any atom is 0.255 e. The summed E-state index contributed by atoms with van der Waals surface area (Å²) in [6.07, 6.45) is 6.30. The highest BCUT2D eigenvalue weighted by molar-refractivity contribution is 6.00. The third kappa shape index (κ3) is 2.73. The number of amides is 1. The zero-order valence-electron chi connectivity index (χ0n) is 13.4. The zero-order valence-corrected chi connectivity index (χ0v) is 13.4. The average Bonchev–Trinajstić information content (AvgIpc) is 2.92. The summed E-state index contributed by atoms with van der Waals surface area (Å²) in [6, 6.07) is 3.94. The highest BCUT2D eigenvalue weighted by Gasteiger charge is 2.27. The molecule has 2 atom stereocenters. The Bertz CT molecular complexity index is 693. The summed E-state index contributed by atoms with van der Waals surface area (Å²) in [5.74, 6) is -0.0612. The maximum atomic E-state index is 12.7. The van der Waals surface area contributed by atoms with Crippen LogP contribution < -0.4 is 5.32 Å². The number of fused-ring (bicyclic) bond motifs is 1. The minimum absolute atomic E-state index is 0.0612. The van der Waals surface area contributed by atoms with Crippen LogP contribution >= 0.6 is 0 Å². The number of ether oxygens (including phenoxy) is 1. The van der Waals surface area contributed by atoms with Crippen molar-refractivity contribution in [1.82, 2.24) is 14.7 Å². The van der Waals surface area contributed by atoms with E-state index >= 15 is 0 Å². The molecular weight excluding hydrogens is 278 g/mol. The SMILES string of the molecule is COC1CCCCC1NC(=O)c1ccn2c(C)cc(C)nc12. The van der Waals surface area contributed by atoms with Crippen molar-refractivity contribution in [3.05, 3.63) is 35.3 Å². The molecule has 0 radical (unpaired) electrons. The van der Waals surface area contributed by atoms with Crippen LogP contribution in [0.15, 0.2) is 18.3 Å². The van der Waals surface area contributed by atoms with E-state index in [2.05, 4.69) is 10.3 Å². The molecule has 1 saturated carbocycles. The topological polar surface area (TPSA) is 55.6 Å². The Kier molecular flexibility index (Phi) is 4.16. The number of nitrogens with one attached hydrogen (secondary N) is 1. The molecule has 2 unspecified atom stereocenters. The predicted octanol–water partition coefficient (Wildman–Crippen LogP) is 2.64. The molecule has 0 spiro atoms. The van der Waals surface area contributed by atoms with Crippen LogP contribution in [0.2, 0.25) is 0 Å². The lowest BCUT2D eigenvalue weighted by Gasteiger charge is -2.30. The summed E-state index contributed by atoms with van der Waals surface area (Å²) in [5, 5.41) is 3.14. The summed E-state index contributed by atoms with van der Waals surface area (Å²) in [4.78, 5) is 17.2. The lowest BCUT2D eigenvalue weighted by atomic mass is 9.92. The molecule has 1 N–H and O–H groups in total. The van der Waals surface area contributed by atoms with Crippen LogP contribution in [0.25, 0.3) is 5.65 Å². The van der Waals surface area contributed by atoms with E-state index < -0.39 is 0 Å². The van der Waals surface area contributed by atoms with Crippen LogP contribution in [0.3, 0.4) is 0 Å². The van der Waals surface area contributed by atoms with Crippen LogP contribution in [-0.2, 0) is 4.74 Å². The lowest BCUT2D eigenvalue weighted by Crippen LogP contribution is -2.45. The molecule has 22 heavy (non-hydrogen) atoms. The molecule has 1 aliphatic carbocycles. The fourth-order valence-corrected chi connectivity index (χ4v) is 3.36. The van der Waals surface area contributed by atoms with E-state index in [1.807, 2.05) is 36.6 Å². The summed E-state index contributed by atoms with van der Waals surface area (Å²) in [7, 11) is 1.72. The fourth-order valence-electron chi connectivity index (χ4n) is 3.36. The Hall–Kier alpha value is -1.88. The van der Waals surface area contributed by atoms with Crippen LogP contribution in [0, 0.1) is 13.8 Å². The van der Waals surface area contributed by atoms with Crippen molar-refractivity contribution >= 4 is 11.6 Å². The van der Waals surface area contributed by atoms with Gasteiger partial charge in [0, 0.05) is 24.7 Å². The number of carbonyl (C=O) groups is 1. The van der Waals surface area contributed by atoms with Gasteiger partial charge in [0.05, 0.1) is 17.7 Å². The second-order valence-corrected chi connectivity index (χ2v) is 6.10. The first kappa shape index (κ1) is 15.0. The Morgan fingerprint density at radius 1 is 1.36 bits per heavy atom. The minimum Gasteiger partial charge on any atom is -0.379 e. The summed E-state index contributed by atoms with van der Waals surface area (Å²) >= 11 is 0. The van der Waals surface area contributed by atoms with Crippen molar-refractivity contribution in [3.8, 4) is 0 Å². The molecular formula is C17H23N3O2. The molecule has 0 aromatic carbocycles. The van der Waals surface area contributed by atoms with Crippen LogP contribution in [0.1, 0.15) is 47.4 Å². The van der Waals surface area contributed by atoms with Gasteiger partial charge in [0.15, 0.2) is 0 Å². The number of hydrogen-bond donors (Lipinski definition) is 1. The van der Waals surface area contributed by atoms with E-state index in [1.54, 1.807) is 7.11 Å². The Morgan fingerprint density at radius 2 is 2.14 bits per heavy atom. The minimum atomic E-state index is -0.0612. The van der Waals surface area contributed by atoms with Gasteiger partial charge in [-0.1, -0.05) is 12.8 Å². The van der Waals surface area contributed by atoms with Gasteiger partial charge in [0.25, 0.3) is 5.91 Å². The smallest absolute Gasteiger partial charge is 0.255 e. The van der Waals surface area contributed by atoms with Crippen LogP contribution in [0.5, 0.6) is 0 Å². The largest absolute Gasteiger partial charge is 0.379 e. The maximum absolute atomic E-state index is 12.7. The highest BCUT2D eigenvalue weighted by Crippen LogP contribution is 2.22. The first-order valence-electron chi connectivity index (χ1n) is 7.89. The van der Waals surface area contributed by atoms with Crippen molar-refractivity contribution < 1.29 is 9.53 Å². The second-order valence-electron chi connectivity index (χ2n) is 6.10. The Morgan fingerprint density at radius 3 is 2.91 bits per heavy atom. The molecule has 1 fully saturated rings. The van der Waals surface area contributed by atoms with Gasteiger partial charge in [-0.3, -0.25) is 4.79 Å². The van der Waals surface area contributed by atoms with Gasteiger partial charge in [-0.2, -0.15) is 0 Å². The van der Waals surface area contributed by atoms with E-state index in [0.29, 0.717) is 5.56 Å². The van der Waals surface area contributed by atoms with E-state index in [9.17, 15) is 4.79 Å². The van der Waals surface area contributed by atoms with Gasteiger partial charge in [0.1, 0.15) is 5.65 Å². The van der Waals surface area contributed by atoms with E-state index in [0.717, 1.165) is 36.3 Å². The Balaban J connectivity index is 1.86. The molecule has 1 aliphatic rings. The second kappa shape index (κ2) is 6.08. The number of hydrogen-bond acceptors (Lipinski definition) is 3. The molecule has 0 aliphatic heterocycles. The van der Waals surface area contributed by atoms with E-state index in [1.165, 1.54) is 6.42 Å². The van der Waals surface area contributed by atoms with Gasteiger partial charge in [0.2, 0.25) is 0 Å². The monoisotopic (exact) mass is 301 g/mol. The normalized spacial score (nSPS) is 22.0. The van der Waals surface area contributed by atoms with Gasteiger partial charge in [-0.05, 0) is 38.8 Å². The van der Waals surface area contributed by atoms with Gasteiger partial charge in [-0.25, -0.2) is 4.98 Å². The Labute approximate surface area is 130 Å². The summed E-state index contributed by atoms with van der Waals surface area (Å²) in [6.45, 7) is 3.97. The third-order valence-corrected chi connectivity index (χ3v) is 4.51. The van der Waals surface area contributed by atoms with Crippen molar-refractivity contribution in [2.24, 2.45) is 0 Å². The van der Waals surface area contributed by atoms with E-state index in [4.69, 9.17) is 4.74 Å². The van der Waals surface area contributed by atoms with Gasteiger partial charge >= 0.3 is 0 Å². The zero-order chi connectivity index (χ0) is 15.7. The summed E-state index contributed by atoms with van der Waals surface area (Å²) < 4.78 is 7.47.